The Bertz CT molecular complexity index is 919. The number of nitrogens with zero attached hydrogens (tertiary/aromatic N) is 2. The molecule has 5 nitrogen and oxygen atoms in total. The van der Waals surface area contributed by atoms with Crippen molar-refractivity contribution < 1.29 is 13.6 Å². The molecule has 8 heteroatoms. The average molecular weight is 361 g/mol. The fraction of sp³-hybridized carbons (Fsp3) is 0. The maximum atomic E-state index is 13.6. The molecule has 2 aromatic carbocycles. The smallest absolute Gasteiger partial charge is 0.258 e. The second kappa shape index (κ2) is 7.23. The number of hydrogen-bond donors (Lipinski definition) is 2. The Morgan fingerprint density at radius 1 is 1.04 bits per heavy atom. The van der Waals surface area contributed by atoms with Crippen LogP contribution in [0.1, 0.15) is 10.4 Å². The summed E-state index contributed by atoms with van der Waals surface area (Å²) in [6.07, 6.45) is 2.58. The van der Waals surface area contributed by atoms with E-state index >= 15 is 0 Å². The zero-order chi connectivity index (χ0) is 17.8. The topological polar surface area (TPSA) is 66.9 Å². The van der Waals surface area contributed by atoms with Crippen LogP contribution in [0.15, 0.2) is 54.9 Å². The normalized spacial score (nSPS) is 10.4. The van der Waals surface area contributed by atoms with Gasteiger partial charge in [-0.2, -0.15) is 0 Å². The summed E-state index contributed by atoms with van der Waals surface area (Å²) >= 11 is 5.89. The maximum Gasteiger partial charge on any atom is 0.258 e. The quantitative estimate of drug-likeness (QED) is 0.723. The van der Waals surface area contributed by atoms with Crippen LogP contribution >= 0.6 is 11.6 Å². The highest BCUT2D eigenvalue weighted by molar-refractivity contribution is 6.30. The van der Waals surface area contributed by atoms with Gasteiger partial charge in [0.2, 0.25) is 5.95 Å². The Hall–Kier alpha value is -3.06. The van der Waals surface area contributed by atoms with E-state index < -0.39 is 17.5 Å². The molecule has 0 aliphatic rings. The molecule has 0 aliphatic carbocycles. The van der Waals surface area contributed by atoms with Crippen molar-refractivity contribution in [1.82, 2.24) is 9.97 Å². The summed E-state index contributed by atoms with van der Waals surface area (Å²) in [7, 11) is 0. The van der Waals surface area contributed by atoms with Crippen LogP contribution in [0.2, 0.25) is 5.02 Å². The summed E-state index contributed by atoms with van der Waals surface area (Å²) < 4.78 is 26.4. The van der Waals surface area contributed by atoms with Crippen LogP contribution in [0.25, 0.3) is 0 Å². The molecule has 0 bridgehead atoms. The van der Waals surface area contributed by atoms with Crippen molar-refractivity contribution in [3.05, 3.63) is 77.1 Å². The van der Waals surface area contributed by atoms with E-state index in [0.717, 1.165) is 12.1 Å². The fourth-order valence-electron chi connectivity index (χ4n) is 1.99. The molecule has 3 rings (SSSR count). The first kappa shape index (κ1) is 16.8. The van der Waals surface area contributed by atoms with Gasteiger partial charge >= 0.3 is 0 Å². The van der Waals surface area contributed by atoms with Gasteiger partial charge in [0, 0.05) is 29.2 Å². The molecule has 3 aromatic rings. The van der Waals surface area contributed by atoms with Crippen LogP contribution in [0.5, 0.6) is 0 Å². The standard InChI is InChI=1S/C17H11ClF2N4O/c18-11-2-1-3-13(6-11)23-17-21-8-10(9-22-17)16(25)24-15-5-4-12(19)7-14(15)20/h1-9H,(H,24,25)(H,21,22,23). The number of carbonyl (C=O) groups is 1. The molecule has 0 radical (unpaired) electrons. The van der Waals surface area contributed by atoms with Crippen LogP contribution < -0.4 is 10.6 Å². The van der Waals surface area contributed by atoms with E-state index in [0.29, 0.717) is 16.8 Å². The van der Waals surface area contributed by atoms with Gasteiger partial charge < -0.3 is 10.6 Å². The molecule has 1 aromatic heterocycles. The van der Waals surface area contributed by atoms with Crippen molar-refractivity contribution in [3.8, 4) is 0 Å². The molecule has 0 spiro atoms. The van der Waals surface area contributed by atoms with E-state index in [2.05, 4.69) is 20.6 Å². The molecule has 0 saturated heterocycles. The van der Waals surface area contributed by atoms with E-state index in [1.54, 1.807) is 24.3 Å². The summed E-state index contributed by atoms with van der Waals surface area (Å²) in [6.45, 7) is 0. The molecule has 0 fully saturated rings. The van der Waals surface area contributed by atoms with E-state index in [4.69, 9.17) is 11.6 Å². The van der Waals surface area contributed by atoms with E-state index in [-0.39, 0.29) is 17.2 Å². The number of benzene rings is 2. The Labute approximate surface area is 146 Å². The Kier molecular flexibility index (Phi) is 4.85. The number of amides is 1. The van der Waals surface area contributed by atoms with E-state index in [1.807, 2.05) is 0 Å². The molecular weight excluding hydrogens is 350 g/mol. The Morgan fingerprint density at radius 2 is 1.80 bits per heavy atom. The highest BCUT2D eigenvalue weighted by atomic mass is 35.5. The molecule has 25 heavy (non-hydrogen) atoms. The number of carbonyl (C=O) groups excluding carboxylic acids is 1. The first-order chi connectivity index (χ1) is 12.0. The van der Waals surface area contributed by atoms with Gasteiger partial charge in [0.15, 0.2) is 0 Å². The monoisotopic (exact) mass is 360 g/mol. The first-order valence-electron chi connectivity index (χ1n) is 7.12. The molecule has 126 valence electrons. The molecule has 1 amide bonds. The highest BCUT2D eigenvalue weighted by Crippen LogP contribution is 2.18. The molecular formula is C17H11ClF2N4O. The lowest BCUT2D eigenvalue weighted by Gasteiger charge is -2.07. The Morgan fingerprint density at radius 3 is 2.48 bits per heavy atom. The van der Waals surface area contributed by atoms with E-state index in [9.17, 15) is 13.6 Å². The number of anilines is 3. The predicted octanol–water partition coefficient (Wildman–Crippen LogP) is 4.40. The minimum atomic E-state index is -0.867. The van der Waals surface area contributed by atoms with Gasteiger partial charge in [-0.05, 0) is 30.3 Å². The van der Waals surface area contributed by atoms with Crippen LogP contribution in [0.4, 0.5) is 26.1 Å². The molecule has 0 saturated carbocycles. The highest BCUT2D eigenvalue weighted by Gasteiger charge is 2.11. The summed E-state index contributed by atoms with van der Waals surface area (Å²) in [5.41, 5.74) is 0.686. The van der Waals surface area contributed by atoms with Gasteiger partial charge in [0.25, 0.3) is 5.91 Å². The maximum absolute atomic E-state index is 13.6. The number of hydrogen-bond acceptors (Lipinski definition) is 4. The Balaban J connectivity index is 1.70. The van der Waals surface area contributed by atoms with Gasteiger partial charge in [-0.1, -0.05) is 17.7 Å². The lowest BCUT2D eigenvalue weighted by Crippen LogP contribution is -2.14. The van der Waals surface area contributed by atoms with Crippen LogP contribution in [0, 0.1) is 11.6 Å². The van der Waals surface area contributed by atoms with Crippen LogP contribution in [-0.4, -0.2) is 15.9 Å². The predicted molar refractivity (Wildman–Crippen MR) is 91.1 cm³/mol. The van der Waals surface area contributed by atoms with Gasteiger partial charge in [0.1, 0.15) is 11.6 Å². The van der Waals surface area contributed by atoms with Crippen molar-refractivity contribution >= 4 is 34.8 Å². The molecule has 2 N–H and O–H groups in total. The second-order valence-corrected chi connectivity index (χ2v) is 5.45. The largest absolute Gasteiger partial charge is 0.324 e. The minimum Gasteiger partial charge on any atom is -0.324 e. The van der Waals surface area contributed by atoms with Crippen molar-refractivity contribution in [1.29, 1.82) is 0 Å². The van der Waals surface area contributed by atoms with Gasteiger partial charge in [-0.25, -0.2) is 18.7 Å². The van der Waals surface area contributed by atoms with Crippen molar-refractivity contribution in [3.63, 3.8) is 0 Å². The van der Waals surface area contributed by atoms with Gasteiger partial charge in [0.05, 0.1) is 11.3 Å². The SMILES string of the molecule is O=C(Nc1ccc(F)cc1F)c1cnc(Nc2cccc(Cl)c2)nc1. The molecule has 0 aliphatic heterocycles. The zero-order valence-electron chi connectivity index (χ0n) is 12.6. The summed E-state index contributed by atoms with van der Waals surface area (Å²) in [6, 6.07) is 9.85. The first-order valence-corrected chi connectivity index (χ1v) is 7.50. The fourth-order valence-corrected chi connectivity index (χ4v) is 2.18. The average Bonchev–Trinajstić information content (AvgIpc) is 2.58. The summed E-state index contributed by atoms with van der Waals surface area (Å²) in [4.78, 5) is 20.1. The molecule has 1 heterocycles. The van der Waals surface area contributed by atoms with Crippen molar-refractivity contribution in [2.75, 3.05) is 10.6 Å². The third kappa shape index (κ3) is 4.27. The molecule has 0 atom stereocenters. The summed E-state index contributed by atoms with van der Waals surface area (Å²) in [5.74, 6) is -1.93. The second-order valence-electron chi connectivity index (χ2n) is 5.01. The van der Waals surface area contributed by atoms with E-state index in [1.165, 1.54) is 12.4 Å². The lowest BCUT2D eigenvalue weighted by atomic mass is 10.2. The zero-order valence-corrected chi connectivity index (χ0v) is 13.4. The van der Waals surface area contributed by atoms with Crippen molar-refractivity contribution in [2.24, 2.45) is 0 Å². The lowest BCUT2D eigenvalue weighted by molar-refractivity contribution is 0.102. The molecule has 0 unspecified atom stereocenters. The number of nitrogens with one attached hydrogen (secondary N) is 2. The van der Waals surface area contributed by atoms with Crippen LogP contribution in [-0.2, 0) is 0 Å². The number of aromatic nitrogens is 2. The number of rotatable bonds is 4. The summed E-state index contributed by atoms with van der Waals surface area (Å²) in [5, 5.41) is 5.83. The third-order valence-corrected chi connectivity index (χ3v) is 3.41. The number of halogens is 3. The van der Waals surface area contributed by atoms with Gasteiger partial charge in [-0.3, -0.25) is 4.79 Å². The van der Waals surface area contributed by atoms with Crippen LogP contribution in [0.3, 0.4) is 0 Å². The van der Waals surface area contributed by atoms with Crippen molar-refractivity contribution in [2.45, 2.75) is 0 Å². The third-order valence-electron chi connectivity index (χ3n) is 3.17. The van der Waals surface area contributed by atoms with Gasteiger partial charge in [-0.15, -0.1) is 0 Å². The minimum absolute atomic E-state index is 0.125.